The van der Waals surface area contributed by atoms with Crippen molar-refractivity contribution in [2.75, 3.05) is 37.6 Å². The third-order valence-electron chi connectivity index (χ3n) is 4.48. The second kappa shape index (κ2) is 6.86. The summed E-state index contributed by atoms with van der Waals surface area (Å²) in [5.41, 5.74) is 2.81. The molecule has 3 rings (SSSR count). The number of piperazine rings is 1. The van der Waals surface area contributed by atoms with E-state index in [1.165, 1.54) is 12.1 Å². The Hall–Kier alpha value is -2.63. The summed E-state index contributed by atoms with van der Waals surface area (Å²) in [6, 6.07) is 5.16. The Morgan fingerprint density at radius 1 is 1.29 bits per heavy atom. The number of hydrogen-bond acceptors (Lipinski definition) is 4. The maximum atomic E-state index is 13.9. The van der Waals surface area contributed by atoms with Crippen molar-refractivity contribution in [3.63, 3.8) is 0 Å². The molecule has 0 amide bonds. The molecule has 4 nitrogen and oxygen atoms in total. The third-order valence-corrected chi connectivity index (χ3v) is 4.48. The summed E-state index contributed by atoms with van der Waals surface area (Å²) < 4.78 is 13.9. The van der Waals surface area contributed by atoms with Crippen LogP contribution >= 0.6 is 0 Å². The lowest BCUT2D eigenvalue weighted by Gasteiger charge is -2.36. The van der Waals surface area contributed by atoms with Gasteiger partial charge in [0.25, 0.3) is 0 Å². The number of rotatable bonds is 3. The number of aromatic nitrogens is 1. The minimum absolute atomic E-state index is 0.300. The number of nitriles is 1. The van der Waals surface area contributed by atoms with Gasteiger partial charge in [0.05, 0.1) is 16.8 Å². The summed E-state index contributed by atoms with van der Waals surface area (Å²) in [4.78, 5) is 8.83. The van der Waals surface area contributed by atoms with Crippen molar-refractivity contribution in [3.8, 4) is 18.4 Å². The summed E-state index contributed by atoms with van der Waals surface area (Å²) in [6.07, 6.45) is 7.66. The maximum absolute atomic E-state index is 13.9. The van der Waals surface area contributed by atoms with Crippen molar-refractivity contribution >= 4 is 16.6 Å². The molecule has 0 bridgehead atoms. The van der Waals surface area contributed by atoms with E-state index < -0.39 is 0 Å². The Morgan fingerprint density at radius 3 is 2.71 bits per heavy atom. The first-order valence-corrected chi connectivity index (χ1v) is 8.03. The fourth-order valence-corrected chi connectivity index (χ4v) is 3.26. The molecule has 2 heterocycles. The molecule has 0 unspecified atom stereocenters. The SMILES string of the molecule is C#CCCN1CCN(c2c(C#N)cnc3c(C)cc(F)cc23)CC1. The lowest BCUT2D eigenvalue weighted by molar-refractivity contribution is 0.264. The number of terminal acetylenes is 1. The van der Waals surface area contributed by atoms with Gasteiger partial charge in [0.2, 0.25) is 0 Å². The van der Waals surface area contributed by atoms with Crippen LogP contribution in [0.4, 0.5) is 10.1 Å². The number of hydrogen-bond donors (Lipinski definition) is 0. The van der Waals surface area contributed by atoms with E-state index >= 15 is 0 Å². The molecule has 1 fully saturated rings. The monoisotopic (exact) mass is 322 g/mol. The summed E-state index contributed by atoms with van der Waals surface area (Å²) in [5, 5.41) is 10.2. The van der Waals surface area contributed by atoms with E-state index in [0.29, 0.717) is 10.9 Å². The highest BCUT2D eigenvalue weighted by Gasteiger charge is 2.22. The zero-order valence-corrected chi connectivity index (χ0v) is 13.7. The molecule has 0 spiro atoms. The summed E-state index contributed by atoms with van der Waals surface area (Å²) in [7, 11) is 0. The molecule has 1 aliphatic heterocycles. The minimum atomic E-state index is -0.300. The van der Waals surface area contributed by atoms with Gasteiger partial charge in [-0.05, 0) is 24.6 Å². The summed E-state index contributed by atoms with van der Waals surface area (Å²) >= 11 is 0. The molecule has 0 atom stereocenters. The first-order chi connectivity index (χ1) is 11.6. The van der Waals surface area contributed by atoms with Crippen LogP contribution in [-0.2, 0) is 0 Å². The first-order valence-electron chi connectivity index (χ1n) is 8.03. The van der Waals surface area contributed by atoms with Gasteiger partial charge in [-0.3, -0.25) is 9.88 Å². The normalized spacial score (nSPS) is 15.2. The highest BCUT2D eigenvalue weighted by molar-refractivity contribution is 5.96. The lowest BCUT2D eigenvalue weighted by atomic mass is 10.0. The molecule has 0 N–H and O–H groups in total. The van der Waals surface area contributed by atoms with Crippen molar-refractivity contribution < 1.29 is 4.39 Å². The van der Waals surface area contributed by atoms with Crippen molar-refractivity contribution in [2.24, 2.45) is 0 Å². The van der Waals surface area contributed by atoms with Gasteiger partial charge < -0.3 is 4.90 Å². The van der Waals surface area contributed by atoms with Gasteiger partial charge in [-0.2, -0.15) is 5.26 Å². The largest absolute Gasteiger partial charge is 0.367 e. The average Bonchev–Trinajstić information content (AvgIpc) is 2.59. The zero-order chi connectivity index (χ0) is 17.1. The number of halogens is 1. The molecule has 0 saturated carbocycles. The van der Waals surface area contributed by atoms with Gasteiger partial charge in [0.15, 0.2) is 0 Å². The quantitative estimate of drug-likeness (QED) is 0.815. The van der Waals surface area contributed by atoms with Crippen LogP contribution in [0.2, 0.25) is 0 Å². The molecule has 2 aromatic rings. The highest BCUT2D eigenvalue weighted by Crippen LogP contribution is 2.32. The Bertz CT molecular complexity index is 839. The van der Waals surface area contributed by atoms with Gasteiger partial charge in [0.1, 0.15) is 11.9 Å². The van der Waals surface area contributed by atoms with Crippen LogP contribution in [-0.4, -0.2) is 42.6 Å². The van der Waals surface area contributed by atoms with Crippen molar-refractivity contribution in [3.05, 3.63) is 35.3 Å². The van der Waals surface area contributed by atoms with Gasteiger partial charge in [0, 0.05) is 50.7 Å². The molecule has 1 aromatic heterocycles. The van der Waals surface area contributed by atoms with Crippen molar-refractivity contribution in [1.82, 2.24) is 9.88 Å². The number of nitrogens with zero attached hydrogens (tertiary/aromatic N) is 4. The molecule has 24 heavy (non-hydrogen) atoms. The van der Waals surface area contributed by atoms with Crippen LogP contribution in [0.5, 0.6) is 0 Å². The Balaban J connectivity index is 1.97. The van der Waals surface area contributed by atoms with E-state index in [-0.39, 0.29) is 5.82 Å². The number of benzene rings is 1. The van der Waals surface area contributed by atoms with Crippen molar-refractivity contribution in [1.29, 1.82) is 5.26 Å². The van der Waals surface area contributed by atoms with Gasteiger partial charge in [-0.25, -0.2) is 4.39 Å². The smallest absolute Gasteiger partial charge is 0.124 e. The molecular formula is C19H19FN4. The van der Waals surface area contributed by atoms with Gasteiger partial charge >= 0.3 is 0 Å². The maximum Gasteiger partial charge on any atom is 0.124 e. The standard InChI is InChI=1S/C19H19FN4/c1-3-4-5-23-6-8-24(9-7-23)19-15(12-21)13-22-18-14(2)10-16(20)11-17(18)19/h1,10-11,13H,4-9H2,2H3. The van der Waals surface area contributed by atoms with Crippen LogP contribution in [0.3, 0.4) is 0 Å². The predicted molar refractivity (Wildman–Crippen MR) is 93.3 cm³/mol. The van der Waals surface area contributed by atoms with Crippen LogP contribution < -0.4 is 4.90 Å². The second-order valence-electron chi connectivity index (χ2n) is 6.03. The fraction of sp³-hybridized carbons (Fsp3) is 0.368. The molecule has 1 aliphatic rings. The predicted octanol–water partition coefficient (Wildman–Crippen LogP) is 2.70. The Labute approximate surface area is 141 Å². The summed E-state index contributed by atoms with van der Waals surface area (Å²) in [6.45, 7) is 6.06. The number of pyridine rings is 1. The van der Waals surface area contributed by atoms with E-state index in [1.54, 1.807) is 6.20 Å². The first kappa shape index (κ1) is 16.2. The Kier molecular flexibility index (Phi) is 4.64. The summed E-state index contributed by atoms with van der Waals surface area (Å²) in [5.74, 6) is 2.36. The van der Waals surface area contributed by atoms with Gasteiger partial charge in [-0.15, -0.1) is 12.3 Å². The lowest BCUT2D eigenvalue weighted by Crippen LogP contribution is -2.46. The van der Waals surface area contributed by atoms with Gasteiger partial charge in [-0.1, -0.05) is 0 Å². The molecule has 1 saturated heterocycles. The second-order valence-corrected chi connectivity index (χ2v) is 6.03. The molecule has 0 aliphatic carbocycles. The molecule has 0 radical (unpaired) electrons. The van der Waals surface area contributed by atoms with Crippen molar-refractivity contribution in [2.45, 2.75) is 13.3 Å². The van der Waals surface area contributed by atoms with Crippen LogP contribution in [0, 0.1) is 36.4 Å². The Morgan fingerprint density at radius 2 is 2.04 bits per heavy atom. The molecule has 5 heteroatoms. The zero-order valence-electron chi connectivity index (χ0n) is 13.7. The molecule has 1 aromatic carbocycles. The van der Waals surface area contributed by atoms with E-state index in [4.69, 9.17) is 6.42 Å². The van der Waals surface area contributed by atoms with E-state index in [1.807, 2.05) is 6.92 Å². The topological polar surface area (TPSA) is 43.2 Å². The van der Waals surface area contributed by atoms with E-state index in [9.17, 15) is 9.65 Å². The van der Waals surface area contributed by atoms with Crippen LogP contribution in [0.1, 0.15) is 17.5 Å². The molecule has 122 valence electrons. The fourth-order valence-electron chi connectivity index (χ4n) is 3.26. The number of aryl methyl sites for hydroxylation is 1. The van der Waals surface area contributed by atoms with Crippen LogP contribution in [0.25, 0.3) is 10.9 Å². The average molecular weight is 322 g/mol. The molecular weight excluding hydrogens is 303 g/mol. The van der Waals surface area contributed by atoms with Crippen LogP contribution in [0.15, 0.2) is 18.3 Å². The van der Waals surface area contributed by atoms with E-state index in [2.05, 4.69) is 26.8 Å². The van der Waals surface area contributed by atoms with E-state index in [0.717, 1.165) is 55.9 Å². The number of anilines is 1. The third kappa shape index (κ3) is 3.04. The minimum Gasteiger partial charge on any atom is -0.367 e. The highest BCUT2D eigenvalue weighted by atomic mass is 19.1. The number of fused-ring (bicyclic) bond motifs is 1.